The van der Waals surface area contributed by atoms with Gasteiger partial charge in [-0.2, -0.15) is 0 Å². The van der Waals surface area contributed by atoms with Gasteiger partial charge in [0.1, 0.15) is 28.5 Å². The Balaban J connectivity index is 0.916. The minimum Gasteiger partial charge on any atom is -0.484 e. The van der Waals surface area contributed by atoms with E-state index in [0.717, 1.165) is 33.6 Å². The molecule has 4 aliphatic heterocycles. The number of carbonyl (C=O) groups excluding carboxylic acids is 10. The highest BCUT2D eigenvalue weighted by Crippen LogP contribution is 2.62. The molecule has 3 aliphatic carbocycles. The van der Waals surface area contributed by atoms with Crippen molar-refractivity contribution in [3.8, 4) is 5.75 Å². The van der Waals surface area contributed by atoms with Gasteiger partial charge in [-0.1, -0.05) is 6.58 Å². The number of rotatable bonds is 17. The van der Waals surface area contributed by atoms with Crippen molar-refractivity contribution < 1.29 is 66.9 Å². The van der Waals surface area contributed by atoms with Crippen LogP contribution in [0.25, 0.3) is 0 Å². The van der Waals surface area contributed by atoms with Crippen LogP contribution in [0.5, 0.6) is 5.75 Å². The number of hydrogen-bond acceptors (Lipinski definition) is 16. The summed E-state index contributed by atoms with van der Waals surface area (Å²) in [5.74, 6) is -16.1. The maximum Gasteiger partial charge on any atom is 0.343 e. The van der Waals surface area contributed by atoms with E-state index in [-0.39, 0.29) is 64.0 Å². The Kier molecular flexibility index (Phi) is 14.9. The SMILES string of the molecule is C=CC(=O)C1C(C(C)=O)C2C(=O)N(c3cc(C(=O)O/C(C)=C/C(C)(C)Oc4ccncc4)cc(N4C(=O)C5CC(C4=O)C4C6CC(C(=O)N(c7cc(C)cc(C(=O)OC(C)(C)CC(C)(C)OC8CC(C)(C)NC(C)(C)C8)c7)C6=O)C54)c3)C(=O)C12. The Labute approximate surface area is 489 Å². The van der Waals surface area contributed by atoms with Crippen molar-refractivity contribution in [2.24, 2.45) is 59.2 Å². The van der Waals surface area contributed by atoms with Gasteiger partial charge in [-0.3, -0.25) is 48.2 Å². The largest absolute Gasteiger partial charge is 0.484 e. The fourth-order valence-corrected chi connectivity index (χ4v) is 15.9. The second-order valence-corrected chi connectivity index (χ2v) is 27.4. The van der Waals surface area contributed by atoms with Gasteiger partial charge >= 0.3 is 11.9 Å². The number of allylic oxidation sites excluding steroid dienone is 2. The first-order valence-electron chi connectivity index (χ1n) is 28.9. The molecule has 4 bridgehead atoms. The number of aromatic nitrogens is 1. The monoisotopic (exact) mass is 1150 g/mol. The lowest BCUT2D eigenvalue weighted by molar-refractivity contribution is -0.153. The minimum atomic E-state index is -1.22. The number of carbonyl (C=O) groups is 10. The Morgan fingerprint density at radius 2 is 1.12 bits per heavy atom. The van der Waals surface area contributed by atoms with E-state index in [2.05, 4.69) is 44.6 Å². The second kappa shape index (κ2) is 20.9. The lowest BCUT2D eigenvalue weighted by atomic mass is 9.55. The number of nitrogens with one attached hydrogen (secondary N) is 1. The molecule has 2 aromatic carbocycles. The van der Waals surface area contributed by atoms with Crippen LogP contribution >= 0.6 is 0 Å². The number of esters is 2. The quantitative estimate of drug-likeness (QED) is 0.0439. The number of fused-ring (bicyclic) bond motifs is 10. The molecule has 84 heavy (non-hydrogen) atoms. The van der Waals surface area contributed by atoms with E-state index >= 15 is 9.59 Å². The zero-order chi connectivity index (χ0) is 61.2. The Morgan fingerprint density at radius 3 is 1.61 bits per heavy atom. The molecule has 444 valence electrons. The highest BCUT2D eigenvalue weighted by molar-refractivity contribution is 6.27. The number of Topliss-reactive ketones (excluding diaryl/α,β-unsaturated/α-hetero) is 1. The number of anilines is 3. The van der Waals surface area contributed by atoms with E-state index in [1.54, 1.807) is 63.5 Å². The average molecular weight is 1150 g/mol. The maximum absolute atomic E-state index is 15.1. The smallest absolute Gasteiger partial charge is 0.343 e. The van der Waals surface area contributed by atoms with Crippen molar-refractivity contribution in [3.63, 3.8) is 0 Å². The number of aryl methyl sites for hydroxylation is 1. The van der Waals surface area contributed by atoms with Crippen molar-refractivity contribution >= 4 is 76.0 Å². The van der Waals surface area contributed by atoms with E-state index in [4.69, 9.17) is 18.9 Å². The van der Waals surface area contributed by atoms with Crippen molar-refractivity contribution in [3.05, 3.63) is 102 Å². The third-order valence-electron chi connectivity index (χ3n) is 17.9. The van der Waals surface area contributed by atoms with Gasteiger partial charge in [0.05, 0.1) is 51.7 Å². The highest BCUT2D eigenvalue weighted by atomic mass is 16.6. The molecule has 1 N–H and O–H groups in total. The van der Waals surface area contributed by atoms with Crippen molar-refractivity contribution in [2.75, 3.05) is 14.7 Å². The van der Waals surface area contributed by atoms with Gasteiger partial charge in [-0.05, 0) is 194 Å². The topological polar surface area (TPSA) is 242 Å². The Bertz CT molecular complexity index is 3330. The molecule has 10 rings (SSSR count). The lowest BCUT2D eigenvalue weighted by Crippen LogP contribution is -2.60. The van der Waals surface area contributed by atoms with Crippen molar-refractivity contribution in [2.45, 2.75) is 156 Å². The number of ether oxygens (including phenoxy) is 4. The van der Waals surface area contributed by atoms with E-state index in [1.165, 1.54) is 38.1 Å². The number of imide groups is 3. The molecule has 3 aromatic rings. The molecule has 0 radical (unpaired) electrons. The number of hydrogen-bond donors (Lipinski definition) is 1. The molecular formula is C65H75N5O14. The highest BCUT2D eigenvalue weighted by Gasteiger charge is 2.70. The van der Waals surface area contributed by atoms with Crippen LogP contribution in [-0.2, 0) is 52.6 Å². The van der Waals surface area contributed by atoms with Crippen molar-refractivity contribution in [1.82, 2.24) is 10.3 Å². The summed E-state index contributed by atoms with van der Waals surface area (Å²) in [5, 5.41) is 3.68. The number of ketones is 2. The summed E-state index contributed by atoms with van der Waals surface area (Å²) in [6.07, 6.45) is 7.77. The van der Waals surface area contributed by atoms with Crippen LogP contribution in [0.4, 0.5) is 17.1 Å². The first kappa shape index (κ1) is 59.6. The predicted octanol–water partition coefficient (Wildman–Crippen LogP) is 8.39. The Morgan fingerprint density at radius 1 is 0.655 bits per heavy atom. The molecule has 0 spiro atoms. The molecule has 7 aliphatic rings. The zero-order valence-corrected chi connectivity index (χ0v) is 50.0. The maximum atomic E-state index is 15.1. The van der Waals surface area contributed by atoms with Crippen LogP contribution in [0.2, 0.25) is 0 Å². The van der Waals surface area contributed by atoms with Gasteiger partial charge < -0.3 is 24.3 Å². The number of amides is 6. The molecular weight excluding hydrogens is 1070 g/mol. The van der Waals surface area contributed by atoms with Crippen LogP contribution in [-0.4, -0.2) is 97.9 Å². The van der Waals surface area contributed by atoms with E-state index in [1.807, 2.05) is 27.7 Å². The standard InChI is InChI=1S/C65H75N5O14/c1-15-46(72)50-47(34(4)71)51-52(50)58(78)70(57(51)77)39-24-36(59(79)81-33(3)28-63(9,10)82-40-16-18-66-19-17-40)23-38(25-39)69-55(75)44-27-45(56(69)76)49-43-26-42(48(44)49)53(73)68(54(43)74)37-21-32(2)20-35(22-37)60(80)84-65(13,14)31-64(11,12)83-41-29-61(5,6)67-62(7,8)30-41/h15-25,28,41-45,47-52,67H,1,26-27,29-31H2,2-14H3/b33-28+. The fraction of sp³-hybridized carbons (Fsp3) is 0.523. The van der Waals surface area contributed by atoms with E-state index < -0.39 is 135 Å². The summed E-state index contributed by atoms with van der Waals surface area (Å²) in [6, 6.07) is 11.7. The molecule has 6 amide bonds. The van der Waals surface area contributed by atoms with E-state index in [9.17, 15) is 38.4 Å². The summed E-state index contributed by atoms with van der Waals surface area (Å²) >= 11 is 0. The Hall–Kier alpha value is -7.51. The van der Waals surface area contributed by atoms with Gasteiger partial charge in [0, 0.05) is 65.4 Å². The van der Waals surface area contributed by atoms with Crippen LogP contribution in [0.3, 0.4) is 0 Å². The van der Waals surface area contributed by atoms with Crippen LogP contribution in [0.15, 0.2) is 85.4 Å². The van der Waals surface area contributed by atoms with Crippen LogP contribution < -0.4 is 24.8 Å². The van der Waals surface area contributed by atoms with E-state index in [0.29, 0.717) is 17.7 Å². The molecule has 1 aromatic heterocycles. The van der Waals surface area contributed by atoms with Gasteiger partial charge in [-0.15, -0.1) is 0 Å². The van der Waals surface area contributed by atoms with Gasteiger partial charge in [0.25, 0.3) is 0 Å². The average Bonchev–Trinajstić information content (AvgIpc) is 1.66. The number of benzene rings is 2. The molecule has 10 atom stereocenters. The molecule has 7 fully saturated rings. The zero-order valence-electron chi connectivity index (χ0n) is 50.0. The summed E-state index contributed by atoms with van der Waals surface area (Å²) in [5.41, 5.74) is -2.80. The second-order valence-electron chi connectivity index (χ2n) is 27.4. The van der Waals surface area contributed by atoms with Crippen LogP contribution in [0.1, 0.15) is 141 Å². The first-order valence-corrected chi connectivity index (χ1v) is 28.9. The van der Waals surface area contributed by atoms with Gasteiger partial charge in [0.2, 0.25) is 35.4 Å². The van der Waals surface area contributed by atoms with Crippen molar-refractivity contribution in [1.29, 1.82) is 0 Å². The fourth-order valence-electron chi connectivity index (χ4n) is 15.9. The van der Waals surface area contributed by atoms with Gasteiger partial charge in [0.15, 0.2) is 5.78 Å². The molecule has 10 unspecified atom stereocenters. The third-order valence-corrected chi connectivity index (χ3v) is 17.9. The molecule has 4 saturated heterocycles. The molecule has 19 nitrogen and oxygen atoms in total. The van der Waals surface area contributed by atoms with Crippen LogP contribution in [0, 0.1) is 66.1 Å². The van der Waals surface area contributed by atoms with Gasteiger partial charge in [-0.25, -0.2) is 19.4 Å². The lowest BCUT2D eigenvalue weighted by Gasteiger charge is -2.48. The number of nitrogens with zero attached hydrogens (tertiary/aromatic N) is 4. The summed E-state index contributed by atoms with van der Waals surface area (Å²) in [6.45, 7) is 27.7. The normalized spacial score (nSPS) is 28.2. The molecule has 5 heterocycles. The first-order chi connectivity index (χ1) is 39.1. The number of pyridine rings is 1. The number of piperidine rings is 3. The molecule has 3 saturated carbocycles. The summed E-state index contributed by atoms with van der Waals surface area (Å²) in [4.78, 5) is 150. The third kappa shape index (κ3) is 10.9. The predicted molar refractivity (Wildman–Crippen MR) is 307 cm³/mol. The summed E-state index contributed by atoms with van der Waals surface area (Å²) < 4.78 is 24.8. The minimum absolute atomic E-state index is 0.0335. The molecule has 19 heteroatoms. The summed E-state index contributed by atoms with van der Waals surface area (Å²) in [7, 11) is 0.